The number of imidazole rings is 1. The number of hydrogen-bond donors (Lipinski definition) is 0. The molecule has 0 saturated carbocycles. The van der Waals surface area contributed by atoms with Crippen molar-refractivity contribution in [3.8, 4) is 0 Å². The molecule has 1 aromatic carbocycles. The first-order valence-corrected chi connectivity index (χ1v) is 9.85. The van der Waals surface area contributed by atoms with E-state index in [-0.39, 0.29) is 5.82 Å². The highest BCUT2D eigenvalue weighted by molar-refractivity contribution is 6.76. The summed E-state index contributed by atoms with van der Waals surface area (Å²) >= 11 is 0. The first-order chi connectivity index (χ1) is 8.47. The van der Waals surface area contributed by atoms with Crippen LogP contribution in [0.25, 0.3) is 11.0 Å². The van der Waals surface area contributed by atoms with Gasteiger partial charge in [0.2, 0.25) is 0 Å². The number of nitrogens with zero attached hydrogens (tertiary/aromatic N) is 2. The number of aromatic nitrogens is 2. The monoisotopic (exact) mass is 266 g/mol. The van der Waals surface area contributed by atoms with E-state index in [2.05, 4.69) is 24.6 Å². The van der Waals surface area contributed by atoms with E-state index in [0.717, 1.165) is 18.2 Å². The summed E-state index contributed by atoms with van der Waals surface area (Å²) in [6.45, 7) is 8.14. The Morgan fingerprint density at radius 3 is 2.83 bits per heavy atom. The van der Waals surface area contributed by atoms with Crippen molar-refractivity contribution in [1.82, 2.24) is 9.55 Å². The first kappa shape index (κ1) is 13.2. The predicted molar refractivity (Wildman–Crippen MR) is 73.8 cm³/mol. The molecule has 98 valence electrons. The average molecular weight is 266 g/mol. The van der Waals surface area contributed by atoms with Gasteiger partial charge >= 0.3 is 0 Å². The van der Waals surface area contributed by atoms with Crippen LogP contribution in [-0.4, -0.2) is 24.2 Å². The lowest BCUT2D eigenvalue weighted by atomic mass is 10.3. The molecule has 2 rings (SSSR count). The lowest BCUT2D eigenvalue weighted by Gasteiger charge is -2.15. The van der Waals surface area contributed by atoms with Crippen molar-refractivity contribution in [3.05, 3.63) is 30.3 Å². The van der Waals surface area contributed by atoms with Crippen molar-refractivity contribution in [1.29, 1.82) is 0 Å². The van der Waals surface area contributed by atoms with Gasteiger partial charge in [-0.15, -0.1) is 0 Å². The minimum atomic E-state index is -1.05. The molecule has 0 N–H and O–H groups in total. The zero-order chi connectivity index (χ0) is 13.2. The number of fused-ring (bicyclic) bond motifs is 1. The van der Waals surface area contributed by atoms with Gasteiger partial charge in [-0.1, -0.05) is 25.7 Å². The van der Waals surface area contributed by atoms with Crippen LogP contribution in [0.1, 0.15) is 0 Å². The molecule has 2 aromatic rings. The lowest BCUT2D eigenvalue weighted by Crippen LogP contribution is -2.21. The summed E-state index contributed by atoms with van der Waals surface area (Å²) in [6, 6.07) is 6.10. The van der Waals surface area contributed by atoms with Crippen LogP contribution in [0.3, 0.4) is 0 Å². The fourth-order valence-corrected chi connectivity index (χ4v) is 2.45. The Labute approximate surface area is 108 Å². The quantitative estimate of drug-likeness (QED) is 0.612. The highest BCUT2D eigenvalue weighted by atomic mass is 28.3. The van der Waals surface area contributed by atoms with Crippen molar-refractivity contribution >= 4 is 19.1 Å². The predicted octanol–water partition coefficient (Wildman–Crippen LogP) is 3.49. The van der Waals surface area contributed by atoms with E-state index in [1.165, 1.54) is 6.07 Å². The van der Waals surface area contributed by atoms with Crippen molar-refractivity contribution < 1.29 is 9.13 Å². The van der Waals surface area contributed by atoms with Gasteiger partial charge in [-0.25, -0.2) is 9.37 Å². The maximum atomic E-state index is 13.4. The minimum Gasteiger partial charge on any atom is -0.361 e. The molecule has 0 spiro atoms. The standard InChI is InChI=1S/C13H19FN2OSi/c1-18(2,3)8-7-17-10-16-9-15-13-11(14)5-4-6-12(13)16/h4-6,9H,7-8,10H2,1-3H3. The van der Waals surface area contributed by atoms with Gasteiger partial charge in [0.25, 0.3) is 0 Å². The average Bonchev–Trinajstić information content (AvgIpc) is 2.68. The van der Waals surface area contributed by atoms with E-state index in [4.69, 9.17) is 4.74 Å². The maximum absolute atomic E-state index is 13.4. The van der Waals surface area contributed by atoms with Crippen molar-refractivity contribution in [2.75, 3.05) is 6.61 Å². The van der Waals surface area contributed by atoms with Crippen molar-refractivity contribution in [2.45, 2.75) is 32.4 Å². The molecule has 0 unspecified atom stereocenters. The second-order valence-corrected chi connectivity index (χ2v) is 11.3. The number of benzene rings is 1. The normalized spacial score (nSPS) is 12.2. The van der Waals surface area contributed by atoms with E-state index in [9.17, 15) is 4.39 Å². The third-order valence-electron chi connectivity index (χ3n) is 2.83. The summed E-state index contributed by atoms with van der Waals surface area (Å²) in [6.07, 6.45) is 1.63. The zero-order valence-corrected chi connectivity index (χ0v) is 12.1. The highest BCUT2D eigenvalue weighted by Crippen LogP contribution is 2.16. The van der Waals surface area contributed by atoms with E-state index < -0.39 is 8.07 Å². The molecule has 0 aliphatic carbocycles. The van der Waals surface area contributed by atoms with Gasteiger partial charge in [-0.3, -0.25) is 0 Å². The molecule has 0 radical (unpaired) electrons. The molecule has 0 aliphatic rings. The molecule has 1 aromatic heterocycles. The maximum Gasteiger partial charge on any atom is 0.151 e. The Hall–Kier alpha value is -1.20. The van der Waals surface area contributed by atoms with Gasteiger partial charge in [0.15, 0.2) is 5.82 Å². The molecule has 0 amide bonds. The molecule has 0 aliphatic heterocycles. The lowest BCUT2D eigenvalue weighted by molar-refractivity contribution is 0.0898. The summed E-state index contributed by atoms with van der Waals surface area (Å²) in [4.78, 5) is 4.06. The van der Waals surface area contributed by atoms with Crippen molar-refractivity contribution in [2.24, 2.45) is 0 Å². The van der Waals surface area contributed by atoms with Crippen LogP contribution in [0.2, 0.25) is 25.7 Å². The second kappa shape index (κ2) is 5.20. The third kappa shape index (κ3) is 3.17. The van der Waals surface area contributed by atoms with Crippen LogP contribution in [0.4, 0.5) is 4.39 Å². The van der Waals surface area contributed by atoms with Gasteiger partial charge < -0.3 is 9.30 Å². The van der Waals surface area contributed by atoms with Crippen LogP contribution >= 0.6 is 0 Å². The largest absolute Gasteiger partial charge is 0.361 e. The van der Waals surface area contributed by atoms with Gasteiger partial charge in [-0.2, -0.15) is 0 Å². The summed E-state index contributed by atoms with van der Waals surface area (Å²) in [5.41, 5.74) is 1.19. The zero-order valence-electron chi connectivity index (χ0n) is 11.1. The Morgan fingerprint density at radius 2 is 2.11 bits per heavy atom. The fraction of sp³-hybridized carbons (Fsp3) is 0.462. The summed E-state index contributed by atoms with van der Waals surface area (Å²) < 4.78 is 20.9. The number of halogens is 1. The summed E-state index contributed by atoms with van der Waals surface area (Å²) in [5, 5.41) is 0. The smallest absolute Gasteiger partial charge is 0.151 e. The Kier molecular flexibility index (Phi) is 3.82. The molecule has 5 heteroatoms. The number of rotatable bonds is 5. The van der Waals surface area contributed by atoms with E-state index in [1.54, 1.807) is 12.4 Å². The van der Waals surface area contributed by atoms with Crippen LogP contribution in [0.5, 0.6) is 0 Å². The van der Waals surface area contributed by atoms with Crippen LogP contribution < -0.4 is 0 Å². The molecule has 3 nitrogen and oxygen atoms in total. The molecular weight excluding hydrogens is 247 g/mol. The Bertz CT molecular complexity index is 533. The topological polar surface area (TPSA) is 27.1 Å². The number of para-hydroxylation sites is 1. The van der Waals surface area contributed by atoms with E-state index >= 15 is 0 Å². The van der Waals surface area contributed by atoms with E-state index in [0.29, 0.717) is 12.2 Å². The molecule has 0 atom stereocenters. The number of hydrogen-bond acceptors (Lipinski definition) is 2. The molecule has 0 fully saturated rings. The minimum absolute atomic E-state index is 0.284. The SMILES string of the molecule is C[Si](C)(C)CCOCn1cnc2c(F)cccc21. The molecule has 0 saturated heterocycles. The third-order valence-corrected chi connectivity index (χ3v) is 4.53. The first-order valence-electron chi connectivity index (χ1n) is 6.14. The van der Waals surface area contributed by atoms with Gasteiger partial charge in [0, 0.05) is 14.7 Å². The number of ether oxygens (including phenoxy) is 1. The van der Waals surface area contributed by atoms with Crippen molar-refractivity contribution in [3.63, 3.8) is 0 Å². The Balaban J connectivity index is 1.98. The summed E-state index contributed by atoms with van der Waals surface area (Å²) in [7, 11) is -1.05. The summed E-state index contributed by atoms with van der Waals surface area (Å²) in [5.74, 6) is -0.284. The fourth-order valence-electron chi connectivity index (χ4n) is 1.70. The Morgan fingerprint density at radius 1 is 1.33 bits per heavy atom. The molecule has 18 heavy (non-hydrogen) atoms. The molecular formula is C13H19FN2OSi. The van der Waals surface area contributed by atoms with Gasteiger partial charge in [-0.05, 0) is 18.2 Å². The molecule has 1 heterocycles. The van der Waals surface area contributed by atoms with E-state index in [1.807, 2.05) is 10.6 Å². The highest BCUT2D eigenvalue weighted by Gasteiger charge is 2.12. The second-order valence-electron chi connectivity index (χ2n) is 5.67. The molecule has 0 bridgehead atoms. The van der Waals surface area contributed by atoms with Crippen LogP contribution in [0.15, 0.2) is 24.5 Å². The van der Waals surface area contributed by atoms with Crippen LogP contribution in [-0.2, 0) is 11.5 Å². The van der Waals surface area contributed by atoms with Crippen LogP contribution in [0, 0.1) is 5.82 Å². The van der Waals surface area contributed by atoms with Gasteiger partial charge in [0.1, 0.15) is 12.2 Å². The van der Waals surface area contributed by atoms with Gasteiger partial charge in [0.05, 0.1) is 11.8 Å².